The number of rotatable bonds is 5. The van der Waals surface area contributed by atoms with Crippen molar-refractivity contribution in [1.29, 1.82) is 0 Å². The Morgan fingerprint density at radius 3 is 2.74 bits per heavy atom. The molecule has 0 saturated carbocycles. The third-order valence-electron chi connectivity index (χ3n) is 5.27. The molecule has 1 saturated heterocycles. The van der Waals surface area contributed by atoms with Crippen LogP contribution in [0.25, 0.3) is 5.57 Å². The van der Waals surface area contributed by atoms with Crippen molar-refractivity contribution in [3.8, 4) is 0 Å². The minimum Gasteiger partial charge on any atom is -0.469 e. The SMILES string of the molecule is COC(=O)C[C@@H](C)C(=O)N1CCCC[C@H]1C1=NC=C(c2ccc(Br)cc2)C1. The lowest BCUT2D eigenvalue weighted by molar-refractivity contribution is -0.147. The number of piperidine rings is 1. The Morgan fingerprint density at radius 2 is 2.04 bits per heavy atom. The number of amides is 1. The van der Waals surface area contributed by atoms with Crippen molar-refractivity contribution in [1.82, 2.24) is 4.90 Å². The van der Waals surface area contributed by atoms with Gasteiger partial charge in [0.25, 0.3) is 0 Å². The Bertz CT molecular complexity index is 770. The molecule has 1 fully saturated rings. The summed E-state index contributed by atoms with van der Waals surface area (Å²) in [5, 5.41) is 0. The topological polar surface area (TPSA) is 59.0 Å². The molecule has 5 nitrogen and oxygen atoms in total. The van der Waals surface area contributed by atoms with Crippen molar-refractivity contribution < 1.29 is 14.3 Å². The second kappa shape index (κ2) is 8.83. The van der Waals surface area contributed by atoms with E-state index in [0.29, 0.717) is 0 Å². The number of allylic oxidation sites excluding steroid dienone is 1. The Balaban J connectivity index is 1.68. The number of aliphatic imine (C=N–C) groups is 1. The molecular formula is C21H25BrN2O3. The van der Waals surface area contributed by atoms with Crippen LogP contribution in [0.15, 0.2) is 39.9 Å². The molecule has 0 radical (unpaired) electrons. The predicted molar refractivity (Wildman–Crippen MR) is 109 cm³/mol. The molecule has 144 valence electrons. The fourth-order valence-electron chi connectivity index (χ4n) is 3.74. The largest absolute Gasteiger partial charge is 0.469 e. The number of esters is 1. The first-order chi connectivity index (χ1) is 13.0. The van der Waals surface area contributed by atoms with E-state index in [2.05, 4.69) is 33.1 Å². The zero-order valence-electron chi connectivity index (χ0n) is 15.8. The zero-order chi connectivity index (χ0) is 19.4. The van der Waals surface area contributed by atoms with Crippen molar-refractivity contribution in [2.75, 3.05) is 13.7 Å². The number of carbonyl (C=O) groups excluding carboxylic acids is 2. The highest BCUT2D eigenvalue weighted by molar-refractivity contribution is 9.10. The van der Waals surface area contributed by atoms with Crippen molar-refractivity contribution in [2.24, 2.45) is 10.9 Å². The zero-order valence-corrected chi connectivity index (χ0v) is 17.4. The van der Waals surface area contributed by atoms with Gasteiger partial charge in [-0.15, -0.1) is 0 Å². The summed E-state index contributed by atoms with van der Waals surface area (Å²) < 4.78 is 5.76. The highest BCUT2D eigenvalue weighted by Crippen LogP contribution is 2.30. The summed E-state index contributed by atoms with van der Waals surface area (Å²) in [6, 6.07) is 8.24. The molecule has 2 atom stereocenters. The molecule has 2 aliphatic heterocycles. The van der Waals surface area contributed by atoms with E-state index in [1.165, 1.54) is 12.7 Å². The fourth-order valence-corrected chi connectivity index (χ4v) is 4.00. The van der Waals surface area contributed by atoms with Gasteiger partial charge in [0.2, 0.25) is 5.91 Å². The second-order valence-electron chi connectivity index (χ2n) is 7.18. The van der Waals surface area contributed by atoms with Gasteiger partial charge in [-0.1, -0.05) is 35.0 Å². The minimum absolute atomic E-state index is 0.0184. The van der Waals surface area contributed by atoms with Crippen LogP contribution in [0.5, 0.6) is 0 Å². The van der Waals surface area contributed by atoms with Gasteiger partial charge in [0.15, 0.2) is 0 Å². The lowest BCUT2D eigenvalue weighted by atomic mass is 9.92. The van der Waals surface area contributed by atoms with Crippen LogP contribution in [0.3, 0.4) is 0 Å². The van der Waals surface area contributed by atoms with Gasteiger partial charge in [0.1, 0.15) is 0 Å². The van der Waals surface area contributed by atoms with E-state index in [1.54, 1.807) is 6.92 Å². The van der Waals surface area contributed by atoms with Crippen LogP contribution in [-0.4, -0.2) is 42.2 Å². The number of halogens is 1. The van der Waals surface area contributed by atoms with Crippen LogP contribution >= 0.6 is 15.9 Å². The Hall–Kier alpha value is -1.95. The smallest absolute Gasteiger partial charge is 0.306 e. The fraction of sp³-hybridized carbons (Fsp3) is 0.476. The number of hydrogen-bond acceptors (Lipinski definition) is 4. The summed E-state index contributed by atoms with van der Waals surface area (Å²) >= 11 is 3.46. The van der Waals surface area contributed by atoms with Gasteiger partial charge in [-0.25, -0.2) is 0 Å². The predicted octanol–water partition coefficient (Wildman–Crippen LogP) is 4.22. The molecule has 0 aliphatic carbocycles. The summed E-state index contributed by atoms with van der Waals surface area (Å²) in [5.41, 5.74) is 3.38. The van der Waals surface area contributed by atoms with Crippen molar-refractivity contribution in [2.45, 2.75) is 45.1 Å². The Labute approximate surface area is 168 Å². The van der Waals surface area contributed by atoms with Crippen molar-refractivity contribution in [3.63, 3.8) is 0 Å². The molecule has 0 bridgehead atoms. The highest BCUT2D eigenvalue weighted by Gasteiger charge is 2.34. The molecule has 1 amide bonds. The third-order valence-corrected chi connectivity index (χ3v) is 5.79. The Morgan fingerprint density at radius 1 is 1.30 bits per heavy atom. The van der Waals surface area contributed by atoms with Gasteiger partial charge in [-0.2, -0.15) is 0 Å². The molecule has 0 N–H and O–H groups in total. The van der Waals surface area contributed by atoms with Gasteiger partial charge in [-0.3, -0.25) is 14.6 Å². The van der Waals surface area contributed by atoms with Crippen LogP contribution < -0.4 is 0 Å². The number of nitrogens with zero attached hydrogens (tertiary/aromatic N) is 2. The molecule has 6 heteroatoms. The minimum atomic E-state index is -0.376. The van der Waals surface area contributed by atoms with Gasteiger partial charge in [0.05, 0.1) is 19.6 Å². The van der Waals surface area contributed by atoms with Crippen LogP contribution in [-0.2, 0) is 14.3 Å². The molecule has 27 heavy (non-hydrogen) atoms. The number of methoxy groups -OCH3 is 1. The molecular weight excluding hydrogens is 408 g/mol. The molecule has 1 aromatic carbocycles. The van der Waals surface area contributed by atoms with E-state index in [-0.39, 0.29) is 30.3 Å². The molecule has 3 rings (SSSR count). The molecule has 0 spiro atoms. The Kier molecular flexibility index (Phi) is 6.47. The number of hydrogen-bond donors (Lipinski definition) is 0. The first kappa shape index (κ1) is 19.8. The number of ether oxygens (including phenoxy) is 1. The summed E-state index contributed by atoms with van der Waals surface area (Å²) in [4.78, 5) is 31.1. The van der Waals surface area contributed by atoms with E-state index in [4.69, 9.17) is 4.74 Å². The first-order valence-corrected chi connectivity index (χ1v) is 10.2. The number of likely N-dealkylation sites (tertiary alicyclic amines) is 1. The maximum atomic E-state index is 12.9. The first-order valence-electron chi connectivity index (χ1n) is 9.38. The van der Waals surface area contributed by atoms with Crippen LogP contribution in [0, 0.1) is 5.92 Å². The van der Waals surface area contributed by atoms with E-state index in [9.17, 15) is 9.59 Å². The van der Waals surface area contributed by atoms with Crippen LogP contribution in [0.2, 0.25) is 0 Å². The molecule has 1 aromatic rings. The van der Waals surface area contributed by atoms with Gasteiger partial charge < -0.3 is 9.64 Å². The maximum Gasteiger partial charge on any atom is 0.306 e. The van der Waals surface area contributed by atoms with E-state index in [1.807, 2.05) is 23.2 Å². The normalized spacial score (nSPS) is 20.7. The summed E-state index contributed by atoms with van der Waals surface area (Å²) in [6.07, 6.45) is 5.82. The summed E-state index contributed by atoms with van der Waals surface area (Å²) in [5.74, 6) is -0.703. The monoisotopic (exact) mass is 432 g/mol. The van der Waals surface area contributed by atoms with Gasteiger partial charge >= 0.3 is 5.97 Å². The van der Waals surface area contributed by atoms with Gasteiger partial charge in [-0.05, 0) is 42.5 Å². The maximum absolute atomic E-state index is 12.9. The lowest BCUT2D eigenvalue weighted by Gasteiger charge is -2.37. The standard InChI is InChI=1S/C21H25BrN2O3/c1-14(11-20(25)27-2)21(26)24-10-4-3-5-19(24)18-12-16(13-23-18)15-6-8-17(22)9-7-15/h6-9,13-14,19H,3-5,10-12H2,1-2H3/t14-,19+/m1/s1. The van der Waals surface area contributed by atoms with Crippen LogP contribution in [0.4, 0.5) is 0 Å². The van der Waals surface area contributed by atoms with E-state index in [0.717, 1.165) is 48.0 Å². The average Bonchev–Trinajstić information content (AvgIpc) is 3.17. The van der Waals surface area contributed by atoms with E-state index >= 15 is 0 Å². The molecule has 2 heterocycles. The quantitative estimate of drug-likeness (QED) is 0.654. The third kappa shape index (κ3) is 4.67. The molecule has 0 aromatic heterocycles. The van der Waals surface area contributed by atoms with Gasteiger partial charge in [0, 0.05) is 35.3 Å². The second-order valence-corrected chi connectivity index (χ2v) is 8.10. The van der Waals surface area contributed by atoms with Crippen molar-refractivity contribution >= 4 is 39.1 Å². The summed E-state index contributed by atoms with van der Waals surface area (Å²) in [7, 11) is 1.35. The number of carbonyl (C=O) groups is 2. The average molecular weight is 433 g/mol. The van der Waals surface area contributed by atoms with Crippen molar-refractivity contribution in [3.05, 3.63) is 40.5 Å². The molecule has 2 aliphatic rings. The number of benzene rings is 1. The van der Waals surface area contributed by atoms with Crippen LogP contribution in [0.1, 0.15) is 44.6 Å². The molecule has 0 unspecified atom stereocenters. The highest BCUT2D eigenvalue weighted by atomic mass is 79.9. The lowest BCUT2D eigenvalue weighted by Crippen LogP contribution is -2.49. The summed E-state index contributed by atoms with van der Waals surface area (Å²) in [6.45, 7) is 2.52. The van der Waals surface area contributed by atoms with E-state index < -0.39 is 0 Å².